The summed E-state index contributed by atoms with van der Waals surface area (Å²) in [6, 6.07) is 0. The van der Waals surface area contributed by atoms with E-state index in [0.29, 0.717) is 12.8 Å². The highest BCUT2D eigenvalue weighted by atomic mass is 16.6. The molecule has 1 rings (SSSR count). The molecule has 0 saturated heterocycles. The molecule has 0 bridgehead atoms. The standard InChI is InChI=1S/C13H20O7/c1-7(14)18-6-10-4-11(17)13(20-9(3)16)12(5-10)19-8(2)15/h10-13,17H,4-6H2,1-3H3/t10-,11+,12+,13-/m0/s1. The Labute approximate surface area is 117 Å². The smallest absolute Gasteiger partial charge is 0.303 e. The first-order chi connectivity index (χ1) is 9.29. The van der Waals surface area contributed by atoms with Crippen molar-refractivity contribution in [2.75, 3.05) is 6.61 Å². The monoisotopic (exact) mass is 288 g/mol. The largest absolute Gasteiger partial charge is 0.466 e. The van der Waals surface area contributed by atoms with Gasteiger partial charge in [0.1, 0.15) is 6.10 Å². The Kier molecular flexibility index (Phi) is 5.94. The van der Waals surface area contributed by atoms with Gasteiger partial charge in [-0.1, -0.05) is 0 Å². The van der Waals surface area contributed by atoms with Crippen molar-refractivity contribution in [1.82, 2.24) is 0 Å². The van der Waals surface area contributed by atoms with Crippen LogP contribution in [0.4, 0.5) is 0 Å². The Morgan fingerprint density at radius 1 is 1.00 bits per heavy atom. The highest BCUT2D eigenvalue weighted by Crippen LogP contribution is 2.29. The fraction of sp³-hybridized carbons (Fsp3) is 0.769. The Hall–Kier alpha value is -1.63. The van der Waals surface area contributed by atoms with Crippen molar-refractivity contribution < 1.29 is 33.7 Å². The van der Waals surface area contributed by atoms with Crippen molar-refractivity contribution >= 4 is 17.9 Å². The molecule has 20 heavy (non-hydrogen) atoms. The molecule has 0 radical (unpaired) electrons. The lowest BCUT2D eigenvalue weighted by Crippen LogP contribution is -2.49. The van der Waals surface area contributed by atoms with Gasteiger partial charge < -0.3 is 19.3 Å². The fourth-order valence-electron chi connectivity index (χ4n) is 2.33. The summed E-state index contributed by atoms with van der Waals surface area (Å²) in [6.07, 6.45) is -1.91. The van der Waals surface area contributed by atoms with Gasteiger partial charge in [-0.15, -0.1) is 0 Å². The van der Waals surface area contributed by atoms with E-state index in [4.69, 9.17) is 14.2 Å². The molecule has 1 N–H and O–H groups in total. The number of esters is 3. The van der Waals surface area contributed by atoms with Gasteiger partial charge >= 0.3 is 17.9 Å². The molecular weight excluding hydrogens is 268 g/mol. The Morgan fingerprint density at radius 2 is 1.60 bits per heavy atom. The summed E-state index contributed by atoms with van der Waals surface area (Å²) >= 11 is 0. The normalized spacial score (nSPS) is 29.4. The lowest BCUT2D eigenvalue weighted by Gasteiger charge is -2.37. The van der Waals surface area contributed by atoms with E-state index < -0.39 is 36.2 Å². The highest BCUT2D eigenvalue weighted by molar-refractivity contribution is 5.67. The van der Waals surface area contributed by atoms with E-state index in [0.717, 1.165) is 0 Å². The van der Waals surface area contributed by atoms with E-state index in [1.807, 2.05) is 0 Å². The lowest BCUT2D eigenvalue weighted by molar-refractivity contribution is -0.186. The summed E-state index contributed by atoms with van der Waals surface area (Å²) in [6.45, 7) is 3.90. The molecule has 0 aromatic rings. The minimum absolute atomic E-state index is 0.136. The molecule has 0 aromatic carbocycles. The van der Waals surface area contributed by atoms with Gasteiger partial charge in [-0.2, -0.15) is 0 Å². The second-order valence-electron chi connectivity index (χ2n) is 4.93. The van der Waals surface area contributed by atoms with E-state index in [-0.39, 0.29) is 12.5 Å². The van der Waals surface area contributed by atoms with Crippen LogP contribution in [0.15, 0.2) is 0 Å². The van der Waals surface area contributed by atoms with Gasteiger partial charge in [-0.05, 0) is 18.8 Å². The van der Waals surface area contributed by atoms with Gasteiger partial charge in [0.25, 0.3) is 0 Å². The number of aliphatic hydroxyl groups excluding tert-OH is 1. The van der Waals surface area contributed by atoms with Gasteiger partial charge in [0.05, 0.1) is 12.7 Å². The topological polar surface area (TPSA) is 99.1 Å². The molecule has 0 aromatic heterocycles. The average molecular weight is 288 g/mol. The molecule has 0 amide bonds. The predicted molar refractivity (Wildman–Crippen MR) is 66.5 cm³/mol. The van der Waals surface area contributed by atoms with Crippen molar-refractivity contribution in [3.05, 3.63) is 0 Å². The zero-order chi connectivity index (χ0) is 15.3. The second kappa shape index (κ2) is 7.23. The highest BCUT2D eigenvalue weighted by Gasteiger charge is 2.41. The summed E-state index contributed by atoms with van der Waals surface area (Å²) in [5, 5.41) is 10.0. The maximum atomic E-state index is 11.1. The van der Waals surface area contributed by atoms with Gasteiger partial charge in [-0.25, -0.2) is 0 Å². The Balaban J connectivity index is 2.71. The quantitative estimate of drug-likeness (QED) is 0.582. The van der Waals surface area contributed by atoms with Crippen LogP contribution in [-0.2, 0) is 28.6 Å². The van der Waals surface area contributed by atoms with E-state index in [1.54, 1.807) is 0 Å². The molecule has 7 heteroatoms. The number of aliphatic hydroxyl groups is 1. The predicted octanol–water partition coefficient (Wildman–Crippen LogP) is 0.184. The van der Waals surface area contributed by atoms with Crippen LogP contribution in [-0.4, -0.2) is 47.9 Å². The van der Waals surface area contributed by atoms with E-state index in [9.17, 15) is 19.5 Å². The minimum Gasteiger partial charge on any atom is -0.466 e. The lowest BCUT2D eigenvalue weighted by atomic mass is 9.83. The number of ether oxygens (including phenoxy) is 3. The third-order valence-corrected chi connectivity index (χ3v) is 3.03. The first kappa shape index (κ1) is 16.4. The molecule has 7 nitrogen and oxygen atoms in total. The summed E-state index contributed by atoms with van der Waals surface area (Å²) in [4.78, 5) is 32.9. The van der Waals surface area contributed by atoms with Gasteiger partial charge in [0.2, 0.25) is 0 Å². The van der Waals surface area contributed by atoms with Crippen molar-refractivity contribution in [2.45, 2.75) is 51.9 Å². The zero-order valence-corrected chi connectivity index (χ0v) is 11.8. The SMILES string of the molecule is CC(=O)OC[C@H]1C[C@@H](O)[C@H](OC(C)=O)[C@H](OC(C)=O)C1. The fourth-order valence-corrected chi connectivity index (χ4v) is 2.33. The second-order valence-corrected chi connectivity index (χ2v) is 4.93. The van der Waals surface area contributed by atoms with E-state index >= 15 is 0 Å². The molecule has 0 unspecified atom stereocenters. The summed E-state index contributed by atoms with van der Waals surface area (Å²) in [7, 11) is 0. The summed E-state index contributed by atoms with van der Waals surface area (Å²) in [5.74, 6) is -1.63. The molecule has 1 aliphatic carbocycles. The van der Waals surface area contributed by atoms with Crippen molar-refractivity contribution in [1.29, 1.82) is 0 Å². The molecule has 4 atom stereocenters. The van der Waals surface area contributed by atoms with Crippen LogP contribution in [0.1, 0.15) is 33.6 Å². The average Bonchev–Trinajstić information content (AvgIpc) is 2.29. The van der Waals surface area contributed by atoms with Crippen LogP contribution in [0.3, 0.4) is 0 Å². The number of hydrogen-bond donors (Lipinski definition) is 1. The van der Waals surface area contributed by atoms with Crippen molar-refractivity contribution in [3.63, 3.8) is 0 Å². The van der Waals surface area contributed by atoms with Crippen LogP contribution in [0.25, 0.3) is 0 Å². The van der Waals surface area contributed by atoms with Crippen molar-refractivity contribution in [2.24, 2.45) is 5.92 Å². The van der Waals surface area contributed by atoms with Crippen LogP contribution in [0, 0.1) is 5.92 Å². The molecule has 1 aliphatic rings. The summed E-state index contributed by atoms with van der Waals surface area (Å²) in [5.41, 5.74) is 0. The first-order valence-corrected chi connectivity index (χ1v) is 6.45. The number of rotatable bonds is 4. The molecular formula is C13H20O7. The van der Waals surface area contributed by atoms with Crippen LogP contribution >= 0.6 is 0 Å². The Bertz CT molecular complexity index is 379. The minimum atomic E-state index is -0.961. The molecule has 1 saturated carbocycles. The van der Waals surface area contributed by atoms with E-state index in [1.165, 1.54) is 20.8 Å². The van der Waals surface area contributed by atoms with Crippen LogP contribution in [0.5, 0.6) is 0 Å². The summed E-state index contributed by atoms with van der Waals surface area (Å²) < 4.78 is 15.0. The van der Waals surface area contributed by atoms with Gasteiger partial charge in [-0.3, -0.25) is 14.4 Å². The third kappa shape index (κ3) is 5.16. The molecule has 114 valence electrons. The first-order valence-electron chi connectivity index (χ1n) is 6.45. The van der Waals surface area contributed by atoms with Gasteiger partial charge in [0, 0.05) is 20.8 Å². The molecule has 1 fully saturated rings. The third-order valence-electron chi connectivity index (χ3n) is 3.03. The molecule has 0 heterocycles. The maximum absolute atomic E-state index is 11.1. The maximum Gasteiger partial charge on any atom is 0.303 e. The van der Waals surface area contributed by atoms with E-state index in [2.05, 4.69) is 0 Å². The van der Waals surface area contributed by atoms with Crippen LogP contribution in [0.2, 0.25) is 0 Å². The Morgan fingerprint density at radius 3 is 2.10 bits per heavy atom. The number of carbonyl (C=O) groups excluding carboxylic acids is 3. The van der Waals surface area contributed by atoms with Gasteiger partial charge in [0.15, 0.2) is 6.10 Å². The molecule has 0 aliphatic heterocycles. The molecule has 0 spiro atoms. The number of hydrogen-bond acceptors (Lipinski definition) is 7. The zero-order valence-electron chi connectivity index (χ0n) is 11.8. The number of carbonyl (C=O) groups is 3. The van der Waals surface area contributed by atoms with Crippen LogP contribution < -0.4 is 0 Å². The van der Waals surface area contributed by atoms with Crippen molar-refractivity contribution in [3.8, 4) is 0 Å².